The highest BCUT2D eigenvalue weighted by molar-refractivity contribution is 7.13. The molecule has 94 valence electrons. The zero-order chi connectivity index (χ0) is 12.8. The summed E-state index contributed by atoms with van der Waals surface area (Å²) in [7, 11) is 0. The van der Waals surface area contributed by atoms with Gasteiger partial charge < -0.3 is 10.5 Å². The summed E-state index contributed by atoms with van der Waals surface area (Å²) in [4.78, 5) is 13.6. The maximum absolute atomic E-state index is 11.3. The van der Waals surface area contributed by atoms with E-state index < -0.39 is 0 Å². The lowest BCUT2D eigenvalue weighted by Gasteiger charge is -2.01. The Hall–Kier alpha value is -1.13. The summed E-state index contributed by atoms with van der Waals surface area (Å²) >= 11 is 1.67. The fraction of sp³-hybridized carbons (Fsp3) is 0.462. The molecular weight excluding hydrogens is 234 g/mol. The molecule has 1 aromatic heterocycles. The summed E-state index contributed by atoms with van der Waals surface area (Å²) in [6.07, 6.45) is 2.41. The lowest BCUT2D eigenvalue weighted by Crippen LogP contribution is -2.16. The SMILES string of the molecule is CCOC(=O)C=C(C)c1ccc(CC(C)N)s1. The van der Waals surface area contributed by atoms with Crippen molar-refractivity contribution in [1.29, 1.82) is 0 Å². The van der Waals surface area contributed by atoms with Crippen LogP contribution in [0.2, 0.25) is 0 Å². The minimum atomic E-state index is -0.285. The highest BCUT2D eigenvalue weighted by Gasteiger charge is 2.06. The molecule has 0 aliphatic carbocycles. The van der Waals surface area contributed by atoms with Crippen molar-refractivity contribution < 1.29 is 9.53 Å². The van der Waals surface area contributed by atoms with Crippen LogP contribution in [-0.4, -0.2) is 18.6 Å². The van der Waals surface area contributed by atoms with Crippen molar-refractivity contribution in [3.05, 3.63) is 28.0 Å². The molecule has 0 amide bonds. The lowest BCUT2D eigenvalue weighted by molar-refractivity contribution is -0.137. The minimum absolute atomic E-state index is 0.163. The Morgan fingerprint density at radius 3 is 2.88 bits per heavy atom. The molecule has 1 heterocycles. The van der Waals surface area contributed by atoms with Crippen LogP contribution in [0.25, 0.3) is 5.57 Å². The average Bonchev–Trinajstić information content (AvgIpc) is 2.65. The predicted octanol–water partition coefficient (Wildman–Crippen LogP) is 2.60. The Balaban J connectivity index is 2.72. The topological polar surface area (TPSA) is 52.3 Å². The molecule has 0 spiro atoms. The largest absolute Gasteiger partial charge is 0.463 e. The molecule has 2 N–H and O–H groups in total. The second-order valence-electron chi connectivity index (χ2n) is 4.03. The van der Waals surface area contributed by atoms with Gasteiger partial charge in [0.15, 0.2) is 0 Å². The highest BCUT2D eigenvalue weighted by atomic mass is 32.1. The Morgan fingerprint density at radius 2 is 2.29 bits per heavy atom. The van der Waals surface area contributed by atoms with Crippen LogP contribution in [0.4, 0.5) is 0 Å². The van der Waals surface area contributed by atoms with Crippen molar-refractivity contribution in [2.45, 2.75) is 33.2 Å². The fourth-order valence-electron chi connectivity index (χ4n) is 1.45. The molecule has 0 saturated carbocycles. The zero-order valence-electron chi connectivity index (χ0n) is 10.5. The van der Waals surface area contributed by atoms with Crippen LogP contribution in [0.3, 0.4) is 0 Å². The number of ether oxygens (including phenoxy) is 1. The first-order valence-corrected chi connectivity index (χ1v) is 6.54. The quantitative estimate of drug-likeness (QED) is 0.648. The number of allylic oxidation sites excluding steroid dienone is 1. The van der Waals surface area contributed by atoms with Crippen LogP contribution in [0.1, 0.15) is 30.5 Å². The normalized spacial score (nSPS) is 13.5. The highest BCUT2D eigenvalue weighted by Crippen LogP contribution is 2.24. The number of carbonyl (C=O) groups is 1. The zero-order valence-corrected chi connectivity index (χ0v) is 11.3. The van der Waals surface area contributed by atoms with E-state index in [9.17, 15) is 4.79 Å². The van der Waals surface area contributed by atoms with Crippen molar-refractivity contribution in [2.75, 3.05) is 6.61 Å². The van der Waals surface area contributed by atoms with Crippen molar-refractivity contribution >= 4 is 22.9 Å². The Labute approximate surface area is 106 Å². The van der Waals surface area contributed by atoms with Gasteiger partial charge in [0.2, 0.25) is 0 Å². The molecular formula is C13H19NO2S. The third kappa shape index (κ3) is 4.71. The molecule has 0 bridgehead atoms. The van der Waals surface area contributed by atoms with E-state index in [4.69, 9.17) is 10.5 Å². The first-order valence-electron chi connectivity index (χ1n) is 5.72. The molecule has 4 heteroatoms. The van der Waals surface area contributed by atoms with E-state index in [1.807, 2.05) is 19.9 Å². The summed E-state index contributed by atoms with van der Waals surface area (Å²) in [6, 6.07) is 4.25. The Kier molecular flexibility index (Phi) is 5.38. The second kappa shape index (κ2) is 6.57. The van der Waals surface area contributed by atoms with E-state index in [0.29, 0.717) is 6.61 Å². The molecule has 3 nitrogen and oxygen atoms in total. The Morgan fingerprint density at radius 1 is 1.59 bits per heavy atom. The monoisotopic (exact) mass is 253 g/mol. The molecule has 1 unspecified atom stereocenters. The number of rotatable bonds is 5. The molecule has 1 aromatic rings. The molecule has 17 heavy (non-hydrogen) atoms. The number of hydrogen-bond donors (Lipinski definition) is 1. The van der Waals surface area contributed by atoms with Gasteiger partial charge in [-0.05, 0) is 44.9 Å². The minimum Gasteiger partial charge on any atom is -0.463 e. The van der Waals surface area contributed by atoms with Gasteiger partial charge in [0.25, 0.3) is 0 Å². The Bertz CT molecular complexity index is 407. The number of esters is 1. The summed E-state index contributed by atoms with van der Waals surface area (Å²) in [5.41, 5.74) is 6.68. The predicted molar refractivity (Wildman–Crippen MR) is 72.0 cm³/mol. The number of hydrogen-bond acceptors (Lipinski definition) is 4. The van der Waals surface area contributed by atoms with Crippen molar-refractivity contribution in [3.63, 3.8) is 0 Å². The molecule has 0 aliphatic heterocycles. The number of carbonyl (C=O) groups excluding carboxylic acids is 1. The fourth-order valence-corrected chi connectivity index (χ4v) is 2.57. The first-order chi connectivity index (χ1) is 8.02. The van der Waals surface area contributed by atoms with E-state index in [-0.39, 0.29) is 12.0 Å². The molecule has 0 radical (unpaired) electrons. The first kappa shape index (κ1) is 13.9. The van der Waals surface area contributed by atoms with Gasteiger partial charge in [-0.1, -0.05) is 0 Å². The van der Waals surface area contributed by atoms with Crippen LogP contribution in [0, 0.1) is 0 Å². The van der Waals surface area contributed by atoms with Gasteiger partial charge in [-0.25, -0.2) is 4.79 Å². The van der Waals surface area contributed by atoms with Gasteiger partial charge in [-0.3, -0.25) is 0 Å². The lowest BCUT2D eigenvalue weighted by atomic mass is 10.2. The third-order valence-electron chi connectivity index (χ3n) is 2.19. The van der Waals surface area contributed by atoms with Gasteiger partial charge in [-0.15, -0.1) is 11.3 Å². The van der Waals surface area contributed by atoms with Gasteiger partial charge >= 0.3 is 5.97 Å². The van der Waals surface area contributed by atoms with Crippen LogP contribution in [-0.2, 0) is 16.0 Å². The van der Waals surface area contributed by atoms with E-state index in [1.165, 1.54) is 11.0 Å². The van der Waals surface area contributed by atoms with Crippen molar-refractivity contribution in [1.82, 2.24) is 0 Å². The molecule has 0 saturated heterocycles. The number of thiophene rings is 1. The van der Waals surface area contributed by atoms with Crippen molar-refractivity contribution in [3.8, 4) is 0 Å². The van der Waals surface area contributed by atoms with Crippen molar-refractivity contribution in [2.24, 2.45) is 5.73 Å². The standard InChI is InChI=1S/C13H19NO2S/c1-4-16-13(15)7-9(2)12-6-5-11(17-12)8-10(3)14/h5-7,10H,4,8,14H2,1-3H3. The molecule has 1 rings (SSSR count). The molecule has 0 aromatic carbocycles. The smallest absolute Gasteiger partial charge is 0.331 e. The van der Waals surface area contributed by atoms with Gasteiger partial charge in [0, 0.05) is 21.9 Å². The molecule has 1 atom stereocenters. The maximum Gasteiger partial charge on any atom is 0.331 e. The van der Waals surface area contributed by atoms with E-state index >= 15 is 0 Å². The molecule has 0 fully saturated rings. The summed E-state index contributed by atoms with van der Waals surface area (Å²) < 4.78 is 4.87. The maximum atomic E-state index is 11.3. The van der Waals surface area contributed by atoms with Gasteiger partial charge in [0.1, 0.15) is 0 Å². The van der Waals surface area contributed by atoms with E-state index in [2.05, 4.69) is 6.07 Å². The van der Waals surface area contributed by atoms with Gasteiger partial charge in [-0.2, -0.15) is 0 Å². The summed E-state index contributed by atoms with van der Waals surface area (Å²) in [5, 5.41) is 0. The molecule has 0 aliphatic rings. The summed E-state index contributed by atoms with van der Waals surface area (Å²) in [6.45, 7) is 6.11. The van der Waals surface area contributed by atoms with Gasteiger partial charge in [0.05, 0.1) is 6.61 Å². The van der Waals surface area contributed by atoms with E-state index in [1.54, 1.807) is 18.3 Å². The van der Waals surface area contributed by atoms with Crippen LogP contribution in [0.5, 0.6) is 0 Å². The van der Waals surface area contributed by atoms with Crippen LogP contribution >= 0.6 is 11.3 Å². The van der Waals surface area contributed by atoms with Crippen LogP contribution in [0.15, 0.2) is 18.2 Å². The average molecular weight is 253 g/mol. The number of nitrogens with two attached hydrogens (primary N) is 1. The summed E-state index contributed by atoms with van der Waals surface area (Å²) in [5.74, 6) is -0.285. The van der Waals surface area contributed by atoms with E-state index in [0.717, 1.165) is 16.9 Å². The van der Waals surface area contributed by atoms with Crippen LogP contribution < -0.4 is 5.73 Å². The second-order valence-corrected chi connectivity index (χ2v) is 5.20. The third-order valence-corrected chi connectivity index (χ3v) is 3.44.